The van der Waals surface area contributed by atoms with Crippen molar-refractivity contribution in [2.24, 2.45) is 0 Å². The molecule has 1 saturated heterocycles. The number of ether oxygens (including phenoxy) is 3. The Labute approximate surface area is 162 Å². The van der Waals surface area contributed by atoms with Gasteiger partial charge in [0.2, 0.25) is 0 Å². The first-order chi connectivity index (χ1) is 12.7. The van der Waals surface area contributed by atoms with Crippen LogP contribution in [0.5, 0.6) is 0 Å². The van der Waals surface area contributed by atoms with Crippen molar-refractivity contribution in [3.63, 3.8) is 0 Å². The number of alkyl halides is 1. The number of carbonyl (C=O) groups excluding carboxylic acids is 1. The van der Waals surface area contributed by atoms with Crippen LogP contribution in [-0.4, -0.2) is 42.1 Å². The summed E-state index contributed by atoms with van der Waals surface area (Å²) in [7, 11) is 0. The Kier molecular flexibility index (Phi) is 7.20. The first kappa shape index (κ1) is 19.0. The highest BCUT2D eigenvalue weighted by atomic mass is 79.9. The van der Waals surface area contributed by atoms with Gasteiger partial charge in [0.1, 0.15) is 6.61 Å². The van der Waals surface area contributed by atoms with Gasteiger partial charge in [-0.1, -0.05) is 76.6 Å². The van der Waals surface area contributed by atoms with E-state index >= 15 is 0 Å². The molecule has 6 heteroatoms. The Morgan fingerprint density at radius 3 is 2.35 bits per heavy atom. The quantitative estimate of drug-likeness (QED) is 0.459. The molecule has 0 aliphatic carbocycles. The minimum atomic E-state index is -0.332. The molecule has 0 aromatic heterocycles. The molecule has 0 radical (unpaired) electrons. The molecule has 2 aromatic rings. The maximum atomic E-state index is 12.1. The van der Waals surface area contributed by atoms with Crippen molar-refractivity contribution >= 4 is 21.9 Å². The molecule has 2 aromatic carbocycles. The van der Waals surface area contributed by atoms with Crippen LogP contribution in [-0.2, 0) is 25.6 Å². The van der Waals surface area contributed by atoms with Crippen molar-refractivity contribution in [2.75, 3.05) is 25.0 Å². The molecule has 0 spiro atoms. The summed E-state index contributed by atoms with van der Waals surface area (Å²) < 4.78 is 16.9. The van der Waals surface area contributed by atoms with Gasteiger partial charge in [-0.2, -0.15) is 0 Å². The molecule has 1 aliphatic heterocycles. The van der Waals surface area contributed by atoms with E-state index in [4.69, 9.17) is 14.2 Å². The standard InChI is InChI=1S/C20H22BrNO4/c21-11-12-22(13-18(23)24-15-16-7-3-1-4-8-16)14-19-25-20(26-19)17-9-5-2-6-10-17/h1-10,19-20H,11-15H2. The second kappa shape index (κ2) is 9.83. The predicted molar refractivity (Wildman–Crippen MR) is 102 cm³/mol. The Bertz CT molecular complexity index is 677. The highest BCUT2D eigenvalue weighted by molar-refractivity contribution is 9.09. The van der Waals surface area contributed by atoms with Gasteiger partial charge in [-0.3, -0.25) is 9.69 Å². The third-order valence-electron chi connectivity index (χ3n) is 4.03. The van der Waals surface area contributed by atoms with E-state index in [1.165, 1.54) is 0 Å². The van der Waals surface area contributed by atoms with E-state index in [2.05, 4.69) is 15.9 Å². The van der Waals surface area contributed by atoms with Gasteiger partial charge in [-0.25, -0.2) is 0 Å². The number of esters is 1. The van der Waals surface area contributed by atoms with Crippen molar-refractivity contribution in [3.8, 4) is 0 Å². The third kappa shape index (κ3) is 5.64. The summed E-state index contributed by atoms with van der Waals surface area (Å²) in [5, 5.41) is 0.758. The van der Waals surface area contributed by atoms with E-state index < -0.39 is 0 Å². The first-order valence-corrected chi connectivity index (χ1v) is 9.70. The van der Waals surface area contributed by atoms with E-state index in [0.717, 1.165) is 16.5 Å². The number of rotatable bonds is 9. The molecule has 1 aliphatic rings. The fraction of sp³-hybridized carbons (Fsp3) is 0.350. The normalized spacial score (nSPS) is 19.2. The van der Waals surface area contributed by atoms with E-state index in [9.17, 15) is 4.79 Å². The van der Waals surface area contributed by atoms with Gasteiger partial charge in [-0.05, 0) is 5.56 Å². The summed E-state index contributed by atoms with van der Waals surface area (Å²) in [6, 6.07) is 19.5. The maximum Gasteiger partial charge on any atom is 0.320 e. The molecule has 0 bridgehead atoms. The fourth-order valence-corrected chi connectivity index (χ4v) is 3.17. The minimum Gasteiger partial charge on any atom is -0.460 e. The predicted octanol–water partition coefficient (Wildman–Crippen LogP) is 3.50. The van der Waals surface area contributed by atoms with Gasteiger partial charge in [0.05, 0.1) is 13.1 Å². The van der Waals surface area contributed by atoms with Crippen molar-refractivity contribution in [1.82, 2.24) is 4.90 Å². The minimum absolute atomic E-state index is 0.206. The third-order valence-corrected chi connectivity index (χ3v) is 4.38. The van der Waals surface area contributed by atoms with Gasteiger partial charge in [0.15, 0.2) is 12.6 Å². The number of nitrogens with zero attached hydrogens (tertiary/aromatic N) is 1. The van der Waals surface area contributed by atoms with Crippen LogP contribution >= 0.6 is 15.9 Å². The van der Waals surface area contributed by atoms with Gasteiger partial charge in [0, 0.05) is 17.4 Å². The molecule has 5 nitrogen and oxygen atoms in total. The summed E-state index contributed by atoms with van der Waals surface area (Å²) in [6.45, 7) is 1.72. The summed E-state index contributed by atoms with van der Waals surface area (Å²) >= 11 is 3.42. The lowest BCUT2D eigenvalue weighted by atomic mass is 10.2. The molecule has 1 heterocycles. The fourth-order valence-electron chi connectivity index (χ4n) is 2.67. The Balaban J connectivity index is 1.42. The SMILES string of the molecule is O=C(CN(CCBr)CC1OC(c2ccccc2)O1)OCc1ccccc1. The molecule has 138 valence electrons. The molecule has 0 saturated carbocycles. The van der Waals surface area contributed by atoms with Crippen molar-refractivity contribution in [1.29, 1.82) is 0 Å². The van der Waals surface area contributed by atoms with Crippen molar-refractivity contribution in [2.45, 2.75) is 19.2 Å². The van der Waals surface area contributed by atoms with Crippen LogP contribution in [0.1, 0.15) is 17.4 Å². The Morgan fingerprint density at radius 2 is 1.69 bits per heavy atom. The number of carbonyl (C=O) groups is 1. The molecule has 26 heavy (non-hydrogen) atoms. The summed E-state index contributed by atoms with van der Waals surface area (Å²) in [5.74, 6) is -0.256. The zero-order valence-electron chi connectivity index (χ0n) is 14.4. The van der Waals surface area contributed by atoms with Crippen LogP contribution in [0.3, 0.4) is 0 Å². The summed E-state index contributed by atoms with van der Waals surface area (Å²) in [6.07, 6.45) is -0.654. The summed E-state index contributed by atoms with van der Waals surface area (Å²) in [5.41, 5.74) is 1.97. The monoisotopic (exact) mass is 419 g/mol. The first-order valence-electron chi connectivity index (χ1n) is 8.58. The van der Waals surface area contributed by atoms with E-state index in [1.807, 2.05) is 65.6 Å². The second-order valence-electron chi connectivity index (χ2n) is 6.01. The second-order valence-corrected chi connectivity index (χ2v) is 6.81. The molecule has 0 unspecified atom stereocenters. The average molecular weight is 420 g/mol. The molecule has 0 atom stereocenters. The smallest absolute Gasteiger partial charge is 0.320 e. The number of hydrogen-bond donors (Lipinski definition) is 0. The lowest BCUT2D eigenvalue weighted by Crippen LogP contribution is -2.46. The molecular formula is C20H22BrNO4. The van der Waals surface area contributed by atoms with Crippen LogP contribution in [0.25, 0.3) is 0 Å². The van der Waals surface area contributed by atoms with Gasteiger partial charge < -0.3 is 14.2 Å². The van der Waals surface area contributed by atoms with Gasteiger partial charge >= 0.3 is 5.97 Å². The Hall–Kier alpha value is -1.73. The molecular weight excluding hydrogens is 398 g/mol. The molecule has 0 N–H and O–H groups in total. The largest absolute Gasteiger partial charge is 0.460 e. The highest BCUT2D eigenvalue weighted by Gasteiger charge is 2.33. The zero-order valence-corrected chi connectivity index (χ0v) is 16.0. The van der Waals surface area contributed by atoms with E-state index in [-0.39, 0.29) is 31.7 Å². The average Bonchev–Trinajstić information content (AvgIpc) is 2.64. The highest BCUT2D eigenvalue weighted by Crippen LogP contribution is 2.31. The van der Waals surface area contributed by atoms with Crippen LogP contribution < -0.4 is 0 Å². The van der Waals surface area contributed by atoms with Crippen LogP contribution in [0.15, 0.2) is 60.7 Å². The van der Waals surface area contributed by atoms with E-state index in [0.29, 0.717) is 13.1 Å². The van der Waals surface area contributed by atoms with Crippen LogP contribution in [0, 0.1) is 0 Å². The number of hydrogen-bond acceptors (Lipinski definition) is 5. The van der Waals surface area contributed by atoms with Gasteiger partial charge in [0.25, 0.3) is 0 Å². The topological polar surface area (TPSA) is 48.0 Å². The van der Waals surface area contributed by atoms with Crippen molar-refractivity contribution < 1.29 is 19.0 Å². The zero-order chi connectivity index (χ0) is 18.2. The van der Waals surface area contributed by atoms with E-state index in [1.54, 1.807) is 0 Å². The number of benzene rings is 2. The van der Waals surface area contributed by atoms with Crippen LogP contribution in [0.2, 0.25) is 0 Å². The van der Waals surface area contributed by atoms with Crippen molar-refractivity contribution in [3.05, 3.63) is 71.8 Å². The lowest BCUT2D eigenvalue weighted by molar-refractivity contribution is -0.392. The maximum absolute atomic E-state index is 12.1. The molecule has 0 amide bonds. The van der Waals surface area contributed by atoms with Crippen LogP contribution in [0.4, 0.5) is 0 Å². The molecule has 3 rings (SSSR count). The Morgan fingerprint density at radius 1 is 1.04 bits per heavy atom. The summed E-state index contributed by atoms with van der Waals surface area (Å²) in [4.78, 5) is 14.1. The van der Waals surface area contributed by atoms with Gasteiger partial charge in [-0.15, -0.1) is 0 Å². The molecule has 1 fully saturated rings. The number of halogens is 1. The lowest BCUT2D eigenvalue weighted by Gasteiger charge is -2.38.